The van der Waals surface area contributed by atoms with Crippen molar-refractivity contribution < 1.29 is 19.1 Å². The number of hydrogen-bond acceptors (Lipinski definition) is 5. The minimum Gasteiger partial charge on any atom is -0.490 e. The van der Waals surface area contributed by atoms with Gasteiger partial charge in [-0.15, -0.1) is 0 Å². The first kappa shape index (κ1) is 26.4. The molecule has 0 radical (unpaired) electrons. The first-order valence-electron chi connectivity index (χ1n) is 11.6. The van der Waals surface area contributed by atoms with Crippen LogP contribution in [-0.4, -0.2) is 24.7 Å². The topological polar surface area (TPSA) is 77.0 Å². The molecule has 0 fully saturated rings. The molecule has 0 aliphatic carbocycles. The van der Waals surface area contributed by atoms with Crippen LogP contribution >= 0.6 is 11.6 Å². The molecule has 0 aromatic heterocycles. The highest BCUT2D eigenvalue weighted by Gasteiger charge is 2.13. The smallest absolute Gasteiger partial charge is 0.343 e. The van der Waals surface area contributed by atoms with E-state index in [1.54, 1.807) is 42.5 Å². The van der Waals surface area contributed by atoms with E-state index >= 15 is 0 Å². The monoisotopic (exact) mass is 472 g/mol. The van der Waals surface area contributed by atoms with Crippen LogP contribution in [0.1, 0.15) is 81.1 Å². The van der Waals surface area contributed by atoms with Gasteiger partial charge in [-0.25, -0.2) is 10.2 Å². The third kappa shape index (κ3) is 10.1. The molecule has 2 aromatic rings. The van der Waals surface area contributed by atoms with E-state index in [4.69, 9.17) is 21.1 Å². The van der Waals surface area contributed by atoms with Crippen LogP contribution in [0, 0.1) is 0 Å². The van der Waals surface area contributed by atoms with Crippen LogP contribution in [0.2, 0.25) is 5.02 Å². The summed E-state index contributed by atoms with van der Waals surface area (Å²) in [5.41, 5.74) is 3.65. The number of rotatable bonds is 14. The minimum absolute atomic E-state index is 0.0987. The number of hydrazone groups is 1. The Hall–Kier alpha value is -2.86. The highest BCUT2D eigenvalue weighted by Crippen LogP contribution is 2.29. The van der Waals surface area contributed by atoms with E-state index in [1.807, 2.05) is 6.92 Å². The molecule has 0 unspecified atom stereocenters. The number of unbranched alkanes of at least 4 members (excludes halogenated alkanes) is 6. The van der Waals surface area contributed by atoms with Gasteiger partial charge in [0.05, 0.1) is 18.4 Å². The Labute approximate surface area is 201 Å². The lowest BCUT2D eigenvalue weighted by atomic mass is 10.1. The minimum atomic E-state index is -0.508. The summed E-state index contributed by atoms with van der Waals surface area (Å²) in [6.45, 7) is 4.45. The number of ether oxygens (including phenoxy) is 2. The van der Waals surface area contributed by atoms with Gasteiger partial charge in [-0.2, -0.15) is 5.10 Å². The maximum atomic E-state index is 12.4. The number of esters is 1. The van der Waals surface area contributed by atoms with Crippen LogP contribution in [0.3, 0.4) is 0 Å². The largest absolute Gasteiger partial charge is 0.490 e. The highest BCUT2D eigenvalue weighted by atomic mass is 35.5. The summed E-state index contributed by atoms with van der Waals surface area (Å²) in [5.74, 6) is 0.111. The van der Waals surface area contributed by atoms with Gasteiger partial charge < -0.3 is 9.47 Å². The molecule has 0 atom stereocenters. The standard InChI is InChI=1S/C26H33ClN2O4/c1-3-5-6-7-8-9-10-11-25(30)29-28-19-20-12-17-23(24(18-20)32-4-2)33-26(31)21-13-15-22(27)16-14-21/h12-19H,3-11H2,1-2H3,(H,29,30)/b28-19-. The molecule has 1 amide bonds. The second-order valence-electron chi connectivity index (χ2n) is 7.70. The molecular formula is C26H33ClN2O4. The molecule has 178 valence electrons. The summed E-state index contributed by atoms with van der Waals surface area (Å²) >= 11 is 5.86. The van der Waals surface area contributed by atoms with Gasteiger partial charge in [0.25, 0.3) is 0 Å². The Balaban J connectivity index is 1.86. The number of nitrogens with one attached hydrogen (secondary N) is 1. The molecule has 7 heteroatoms. The number of halogens is 1. The fraction of sp³-hybridized carbons (Fsp3) is 0.423. The summed E-state index contributed by atoms with van der Waals surface area (Å²) in [6.07, 6.45) is 10.1. The quantitative estimate of drug-likeness (QED) is 0.111. The molecule has 2 aromatic carbocycles. The van der Waals surface area contributed by atoms with Gasteiger partial charge in [0.2, 0.25) is 5.91 Å². The van der Waals surface area contributed by atoms with E-state index in [0.29, 0.717) is 40.7 Å². The Bertz CT molecular complexity index is 913. The van der Waals surface area contributed by atoms with Crippen LogP contribution in [0.5, 0.6) is 11.5 Å². The number of hydrogen-bond donors (Lipinski definition) is 1. The molecule has 0 bridgehead atoms. The van der Waals surface area contributed by atoms with Gasteiger partial charge in [-0.1, -0.05) is 57.0 Å². The number of nitrogens with zero attached hydrogens (tertiary/aromatic N) is 1. The number of carbonyl (C=O) groups is 2. The summed E-state index contributed by atoms with van der Waals surface area (Å²) < 4.78 is 11.1. The van der Waals surface area contributed by atoms with E-state index in [-0.39, 0.29) is 5.91 Å². The van der Waals surface area contributed by atoms with Crippen molar-refractivity contribution in [2.75, 3.05) is 6.61 Å². The van der Waals surface area contributed by atoms with Gasteiger partial charge in [0, 0.05) is 11.4 Å². The van der Waals surface area contributed by atoms with Crippen molar-refractivity contribution in [3.8, 4) is 11.5 Å². The molecule has 0 heterocycles. The second kappa shape index (κ2) is 15.1. The van der Waals surface area contributed by atoms with Crippen molar-refractivity contribution in [1.29, 1.82) is 0 Å². The second-order valence-corrected chi connectivity index (χ2v) is 8.14. The number of benzene rings is 2. The maximum absolute atomic E-state index is 12.4. The van der Waals surface area contributed by atoms with E-state index < -0.39 is 5.97 Å². The molecule has 6 nitrogen and oxygen atoms in total. The molecule has 0 aliphatic heterocycles. The zero-order valence-electron chi connectivity index (χ0n) is 19.4. The van der Waals surface area contributed by atoms with Crippen LogP contribution in [0.4, 0.5) is 0 Å². The first-order valence-corrected chi connectivity index (χ1v) is 12.0. The highest BCUT2D eigenvalue weighted by molar-refractivity contribution is 6.30. The van der Waals surface area contributed by atoms with E-state index in [2.05, 4.69) is 17.5 Å². The molecule has 0 saturated heterocycles. The molecule has 2 rings (SSSR count). The average Bonchev–Trinajstić information content (AvgIpc) is 2.80. The Kier molecular flexibility index (Phi) is 12.0. The molecule has 0 saturated carbocycles. The lowest BCUT2D eigenvalue weighted by Gasteiger charge is -2.11. The maximum Gasteiger partial charge on any atom is 0.343 e. The van der Waals surface area contributed by atoms with Gasteiger partial charge in [-0.3, -0.25) is 4.79 Å². The van der Waals surface area contributed by atoms with Crippen molar-refractivity contribution in [1.82, 2.24) is 5.43 Å². The fourth-order valence-electron chi connectivity index (χ4n) is 3.18. The normalized spacial score (nSPS) is 10.9. The summed E-state index contributed by atoms with van der Waals surface area (Å²) in [7, 11) is 0. The third-order valence-electron chi connectivity index (χ3n) is 4.96. The lowest BCUT2D eigenvalue weighted by Crippen LogP contribution is -2.16. The van der Waals surface area contributed by atoms with Crippen LogP contribution in [-0.2, 0) is 4.79 Å². The zero-order valence-corrected chi connectivity index (χ0v) is 20.2. The Morgan fingerprint density at radius 2 is 1.64 bits per heavy atom. The van der Waals surface area contributed by atoms with Gasteiger partial charge in [-0.05, 0) is 61.4 Å². The summed E-state index contributed by atoms with van der Waals surface area (Å²) in [5, 5.41) is 4.57. The predicted octanol–water partition coefficient (Wildman–Crippen LogP) is 6.55. The third-order valence-corrected chi connectivity index (χ3v) is 5.21. The summed E-state index contributed by atoms with van der Waals surface area (Å²) in [4.78, 5) is 24.3. The summed E-state index contributed by atoms with van der Waals surface area (Å²) in [6, 6.07) is 11.5. The average molecular weight is 473 g/mol. The Morgan fingerprint density at radius 1 is 0.939 bits per heavy atom. The molecule has 0 spiro atoms. The van der Waals surface area contributed by atoms with Crippen LogP contribution in [0.25, 0.3) is 0 Å². The fourth-order valence-corrected chi connectivity index (χ4v) is 3.31. The van der Waals surface area contributed by atoms with Crippen LogP contribution in [0.15, 0.2) is 47.6 Å². The Morgan fingerprint density at radius 3 is 2.33 bits per heavy atom. The van der Waals surface area contributed by atoms with Crippen LogP contribution < -0.4 is 14.9 Å². The number of amides is 1. The van der Waals surface area contributed by atoms with E-state index in [9.17, 15) is 9.59 Å². The van der Waals surface area contributed by atoms with Crippen molar-refractivity contribution in [2.24, 2.45) is 5.10 Å². The van der Waals surface area contributed by atoms with Gasteiger partial charge in [0.1, 0.15) is 0 Å². The van der Waals surface area contributed by atoms with Crippen molar-refractivity contribution >= 4 is 29.7 Å². The SMILES string of the molecule is CCCCCCCCCC(=O)N/N=C\c1ccc(OC(=O)c2ccc(Cl)cc2)c(OCC)c1. The molecule has 33 heavy (non-hydrogen) atoms. The first-order chi connectivity index (χ1) is 16.0. The van der Waals surface area contributed by atoms with Crippen molar-refractivity contribution in [3.05, 3.63) is 58.6 Å². The molecular weight excluding hydrogens is 440 g/mol. The van der Waals surface area contributed by atoms with E-state index in [0.717, 1.165) is 12.8 Å². The predicted molar refractivity (Wildman–Crippen MR) is 132 cm³/mol. The van der Waals surface area contributed by atoms with Crippen molar-refractivity contribution in [3.63, 3.8) is 0 Å². The zero-order chi connectivity index (χ0) is 23.9. The molecule has 1 N–H and O–H groups in total. The number of carbonyl (C=O) groups excluding carboxylic acids is 2. The van der Waals surface area contributed by atoms with E-state index in [1.165, 1.54) is 38.3 Å². The van der Waals surface area contributed by atoms with Gasteiger partial charge >= 0.3 is 5.97 Å². The van der Waals surface area contributed by atoms with Gasteiger partial charge in [0.15, 0.2) is 11.5 Å². The molecule has 0 aliphatic rings. The van der Waals surface area contributed by atoms with Crippen molar-refractivity contribution in [2.45, 2.75) is 65.2 Å². The lowest BCUT2D eigenvalue weighted by molar-refractivity contribution is -0.121.